The predicted octanol–water partition coefficient (Wildman–Crippen LogP) is 2.00. The molecule has 0 aliphatic carbocycles. The lowest BCUT2D eigenvalue weighted by Gasteiger charge is -2.12. The van der Waals surface area contributed by atoms with Gasteiger partial charge in [-0.05, 0) is 30.9 Å². The molecule has 1 N–H and O–H groups in total. The number of anilines is 1. The largest absolute Gasteiger partial charge is 0.407 e. The van der Waals surface area contributed by atoms with Crippen LogP contribution in [0.1, 0.15) is 26.2 Å². The second-order valence-electron chi connectivity index (χ2n) is 4.77. The molecule has 6 heteroatoms. The highest BCUT2D eigenvalue weighted by molar-refractivity contribution is 7.98. The van der Waals surface area contributed by atoms with Crippen molar-refractivity contribution in [3.8, 4) is 0 Å². The molecule has 0 atom stereocenters. The molecule has 0 aliphatic heterocycles. The van der Waals surface area contributed by atoms with E-state index in [1.165, 1.54) is 0 Å². The molecule has 1 heterocycles. The molecule has 0 spiro atoms. The van der Waals surface area contributed by atoms with E-state index in [-0.39, 0.29) is 0 Å². The maximum absolute atomic E-state index is 5.59. The SMILES string of the molecule is CSCCCN(C)c1nnc(CNCC(C)C)o1. The van der Waals surface area contributed by atoms with Gasteiger partial charge in [-0.3, -0.25) is 0 Å². The Morgan fingerprint density at radius 1 is 1.39 bits per heavy atom. The van der Waals surface area contributed by atoms with Gasteiger partial charge in [-0.2, -0.15) is 11.8 Å². The quantitative estimate of drug-likeness (QED) is 0.694. The Morgan fingerprint density at radius 2 is 2.17 bits per heavy atom. The van der Waals surface area contributed by atoms with E-state index in [4.69, 9.17) is 4.42 Å². The zero-order chi connectivity index (χ0) is 13.4. The minimum Gasteiger partial charge on any atom is -0.407 e. The van der Waals surface area contributed by atoms with Gasteiger partial charge >= 0.3 is 6.01 Å². The molecule has 0 bridgehead atoms. The van der Waals surface area contributed by atoms with Crippen molar-refractivity contribution in [2.75, 3.05) is 37.0 Å². The Morgan fingerprint density at radius 3 is 2.83 bits per heavy atom. The van der Waals surface area contributed by atoms with Gasteiger partial charge < -0.3 is 14.6 Å². The zero-order valence-electron chi connectivity index (χ0n) is 11.8. The minimum absolute atomic E-state index is 0.609. The summed E-state index contributed by atoms with van der Waals surface area (Å²) < 4.78 is 5.59. The van der Waals surface area contributed by atoms with Gasteiger partial charge in [0.25, 0.3) is 0 Å². The third kappa shape index (κ3) is 5.73. The van der Waals surface area contributed by atoms with Crippen LogP contribution in [0.4, 0.5) is 6.01 Å². The Labute approximate surface area is 114 Å². The lowest BCUT2D eigenvalue weighted by Crippen LogP contribution is -2.19. The highest BCUT2D eigenvalue weighted by Gasteiger charge is 2.10. The third-order valence-corrected chi connectivity index (χ3v) is 3.15. The van der Waals surface area contributed by atoms with Gasteiger partial charge in [0, 0.05) is 13.6 Å². The summed E-state index contributed by atoms with van der Waals surface area (Å²) in [6.45, 7) is 6.89. The summed E-state index contributed by atoms with van der Waals surface area (Å²) in [6.07, 6.45) is 3.24. The first-order valence-electron chi connectivity index (χ1n) is 6.36. The molecular formula is C12H24N4OS. The number of rotatable bonds is 9. The van der Waals surface area contributed by atoms with E-state index >= 15 is 0 Å². The smallest absolute Gasteiger partial charge is 0.317 e. The first-order valence-corrected chi connectivity index (χ1v) is 7.76. The molecule has 0 saturated heterocycles. The number of nitrogens with zero attached hydrogens (tertiary/aromatic N) is 3. The van der Waals surface area contributed by atoms with E-state index in [2.05, 4.69) is 35.6 Å². The fourth-order valence-corrected chi connectivity index (χ4v) is 1.90. The van der Waals surface area contributed by atoms with Gasteiger partial charge in [0.05, 0.1) is 6.54 Å². The van der Waals surface area contributed by atoms with E-state index in [1.54, 1.807) is 0 Å². The standard InChI is InChI=1S/C12H24N4OS/c1-10(2)8-13-9-11-14-15-12(17-11)16(3)6-5-7-18-4/h10,13H,5-9H2,1-4H3. The van der Waals surface area contributed by atoms with Crippen molar-refractivity contribution in [3.63, 3.8) is 0 Å². The van der Waals surface area contributed by atoms with Crippen LogP contribution in [0.5, 0.6) is 0 Å². The topological polar surface area (TPSA) is 54.2 Å². The molecule has 0 aliphatic rings. The van der Waals surface area contributed by atoms with Crippen molar-refractivity contribution in [2.45, 2.75) is 26.8 Å². The van der Waals surface area contributed by atoms with Crippen LogP contribution in [-0.2, 0) is 6.54 Å². The van der Waals surface area contributed by atoms with Gasteiger partial charge in [-0.15, -0.1) is 5.10 Å². The monoisotopic (exact) mass is 272 g/mol. The highest BCUT2D eigenvalue weighted by atomic mass is 32.2. The van der Waals surface area contributed by atoms with Crippen molar-refractivity contribution < 1.29 is 4.42 Å². The first kappa shape index (κ1) is 15.3. The van der Waals surface area contributed by atoms with Gasteiger partial charge in [0.1, 0.15) is 0 Å². The molecular weight excluding hydrogens is 248 g/mol. The zero-order valence-corrected chi connectivity index (χ0v) is 12.6. The second kappa shape index (κ2) is 8.37. The molecule has 0 amide bonds. The number of nitrogens with one attached hydrogen (secondary N) is 1. The first-order chi connectivity index (χ1) is 8.63. The molecule has 18 heavy (non-hydrogen) atoms. The van der Waals surface area contributed by atoms with Gasteiger partial charge in [0.2, 0.25) is 5.89 Å². The molecule has 0 aromatic carbocycles. The van der Waals surface area contributed by atoms with E-state index in [1.807, 2.05) is 23.7 Å². The van der Waals surface area contributed by atoms with Gasteiger partial charge in [-0.1, -0.05) is 18.9 Å². The van der Waals surface area contributed by atoms with E-state index in [0.717, 1.165) is 25.3 Å². The lowest BCUT2D eigenvalue weighted by atomic mass is 10.2. The summed E-state index contributed by atoms with van der Waals surface area (Å²) >= 11 is 1.85. The Hall–Kier alpha value is -0.750. The van der Waals surface area contributed by atoms with Crippen molar-refractivity contribution >= 4 is 17.8 Å². The van der Waals surface area contributed by atoms with Crippen molar-refractivity contribution in [3.05, 3.63) is 5.89 Å². The lowest BCUT2D eigenvalue weighted by molar-refractivity contribution is 0.450. The minimum atomic E-state index is 0.609. The molecule has 1 aromatic rings. The summed E-state index contributed by atoms with van der Waals surface area (Å²) in [6, 6.07) is 0.609. The molecule has 104 valence electrons. The van der Waals surface area contributed by atoms with Crippen LogP contribution in [0, 0.1) is 5.92 Å². The number of aromatic nitrogens is 2. The summed E-state index contributed by atoms with van der Waals surface area (Å²) in [4.78, 5) is 2.01. The van der Waals surface area contributed by atoms with Crippen LogP contribution in [0.3, 0.4) is 0 Å². The molecule has 5 nitrogen and oxygen atoms in total. The predicted molar refractivity (Wildman–Crippen MR) is 77.1 cm³/mol. The fourth-order valence-electron chi connectivity index (χ4n) is 1.48. The molecule has 0 radical (unpaired) electrons. The van der Waals surface area contributed by atoms with E-state index in [0.29, 0.717) is 24.4 Å². The third-order valence-electron chi connectivity index (χ3n) is 2.45. The number of thioether (sulfide) groups is 1. The van der Waals surface area contributed by atoms with Gasteiger partial charge in [0.15, 0.2) is 0 Å². The number of hydrogen-bond donors (Lipinski definition) is 1. The molecule has 1 rings (SSSR count). The van der Waals surface area contributed by atoms with Crippen LogP contribution >= 0.6 is 11.8 Å². The molecule has 0 unspecified atom stereocenters. The average molecular weight is 272 g/mol. The summed E-state index contributed by atoms with van der Waals surface area (Å²) in [5.41, 5.74) is 0. The Balaban J connectivity index is 2.32. The highest BCUT2D eigenvalue weighted by Crippen LogP contribution is 2.11. The summed E-state index contributed by atoms with van der Waals surface area (Å²) in [5, 5.41) is 11.4. The Kier molecular flexibility index (Phi) is 7.12. The van der Waals surface area contributed by atoms with Gasteiger partial charge in [-0.25, -0.2) is 0 Å². The van der Waals surface area contributed by atoms with Crippen LogP contribution in [0.15, 0.2) is 4.42 Å². The van der Waals surface area contributed by atoms with Crippen molar-refractivity contribution in [1.82, 2.24) is 15.5 Å². The molecule has 0 fully saturated rings. The maximum Gasteiger partial charge on any atom is 0.317 e. The maximum atomic E-state index is 5.59. The molecule has 1 aromatic heterocycles. The van der Waals surface area contributed by atoms with E-state index in [9.17, 15) is 0 Å². The van der Waals surface area contributed by atoms with Crippen molar-refractivity contribution in [2.24, 2.45) is 5.92 Å². The summed E-state index contributed by atoms with van der Waals surface area (Å²) in [7, 11) is 1.99. The number of hydrogen-bond acceptors (Lipinski definition) is 6. The fraction of sp³-hybridized carbons (Fsp3) is 0.833. The van der Waals surface area contributed by atoms with Crippen molar-refractivity contribution in [1.29, 1.82) is 0 Å². The van der Waals surface area contributed by atoms with Crippen LogP contribution < -0.4 is 10.2 Å². The van der Waals surface area contributed by atoms with Crippen LogP contribution in [0.25, 0.3) is 0 Å². The van der Waals surface area contributed by atoms with E-state index < -0.39 is 0 Å². The molecule has 0 saturated carbocycles. The van der Waals surface area contributed by atoms with Crippen LogP contribution in [0.2, 0.25) is 0 Å². The Bertz CT molecular complexity index is 330. The normalized spacial score (nSPS) is 11.2. The summed E-state index contributed by atoms with van der Waals surface area (Å²) in [5.74, 6) is 2.44. The second-order valence-corrected chi connectivity index (χ2v) is 5.76. The average Bonchev–Trinajstić information content (AvgIpc) is 2.77. The van der Waals surface area contributed by atoms with Crippen LogP contribution in [-0.4, -0.2) is 42.3 Å².